The minimum atomic E-state index is -1.11. The Labute approximate surface area is 218 Å². The molecule has 4 atom stereocenters. The monoisotopic (exact) mass is 529 g/mol. The summed E-state index contributed by atoms with van der Waals surface area (Å²) in [7, 11) is 0. The maximum Gasteiger partial charge on any atom is 0.276 e. The Morgan fingerprint density at radius 2 is 1.84 bits per heavy atom. The second kappa shape index (κ2) is 11.0. The molecule has 3 aromatic rings. The molecule has 38 heavy (non-hydrogen) atoms. The van der Waals surface area contributed by atoms with E-state index in [-0.39, 0.29) is 29.4 Å². The quantitative estimate of drug-likeness (QED) is 0.372. The zero-order chi connectivity index (χ0) is 27.7. The molecule has 0 saturated heterocycles. The van der Waals surface area contributed by atoms with E-state index >= 15 is 0 Å². The maximum absolute atomic E-state index is 14.9. The number of hydrogen-bond donors (Lipinski definition) is 4. The average Bonchev–Trinajstić information content (AvgIpc) is 2.83. The van der Waals surface area contributed by atoms with Gasteiger partial charge in [-0.3, -0.25) is 9.78 Å². The predicted molar refractivity (Wildman–Crippen MR) is 137 cm³/mol. The van der Waals surface area contributed by atoms with Crippen LogP contribution in [0.4, 0.5) is 24.5 Å². The maximum atomic E-state index is 14.9. The van der Waals surface area contributed by atoms with Crippen LogP contribution < -0.4 is 21.5 Å². The molecule has 1 saturated carbocycles. The Hall–Kier alpha value is -3.70. The van der Waals surface area contributed by atoms with E-state index in [0.717, 1.165) is 23.8 Å². The van der Waals surface area contributed by atoms with Crippen LogP contribution in [0.3, 0.4) is 0 Å². The Morgan fingerprint density at radius 3 is 2.47 bits per heavy atom. The molecule has 0 radical (unpaired) electrons. The fourth-order valence-electron chi connectivity index (χ4n) is 4.85. The van der Waals surface area contributed by atoms with Gasteiger partial charge in [0.2, 0.25) is 0 Å². The summed E-state index contributed by atoms with van der Waals surface area (Å²) >= 11 is 0. The number of hydrogen-bond acceptors (Lipinski definition) is 7. The summed E-state index contributed by atoms with van der Waals surface area (Å²) in [6.07, 6.45) is 3.19. The highest BCUT2D eigenvalue weighted by Crippen LogP contribution is 2.39. The number of carbonyl (C=O) groups excluding carboxylic acids is 1. The molecular formula is C27H30F3N5O3. The van der Waals surface area contributed by atoms with Gasteiger partial charge in [-0.2, -0.15) is 0 Å². The van der Waals surface area contributed by atoms with Gasteiger partial charge in [-0.15, -0.1) is 0 Å². The molecule has 0 spiro atoms. The summed E-state index contributed by atoms with van der Waals surface area (Å²) in [5, 5.41) is 12.9. The highest BCUT2D eigenvalue weighted by atomic mass is 19.1. The van der Waals surface area contributed by atoms with Crippen LogP contribution in [-0.4, -0.2) is 39.2 Å². The normalized spacial score (nSPS) is 21.4. The molecule has 8 nitrogen and oxygen atoms in total. The number of nitrogens with zero attached hydrogens (tertiary/aromatic N) is 2. The average molecular weight is 530 g/mol. The number of pyridine rings is 2. The second-order valence-corrected chi connectivity index (χ2v) is 9.90. The van der Waals surface area contributed by atoms with Crippen molar-refractivity contribution in [2.45, 2.75) is 57.8 Å². The lowest BCUT2D eigenvalue weighted by Gasteiger charge is -2.36. The molecule has 2 heterocycles. The van der Waals surface area contributed by atoms with Crippen LogP contribution in [0.5, 0.6) is 5.75 Å². The van der Waals surface area contributed by atoms with E-state index < -0.39 is 52.5 Å². The van der Waals surface area contributed by atoms with Crippen LogP contribution >= 0.6 is 0 Å². The molecule has 1 amide bonds. The third-order valence-electron chi connectivity index (χ3n) is 6.62. The third-order valence-corrected chi connectivity index (χ3v) is 6.62. The minimum absolute atomic E-state index is 0.0560. The van der Waals surface area contributed by atoms with Gasteiger partial charge in [0.25, 0.3) is 5.91 Å². The number of nitrogens with two attached hydrogens (primary N) is 2. The molecule has 1 aliphatic rings. The molecule has 0 aliphatic heterocycles. The Bertz CT molecular complexity index is 1320. The number of carbonyl (C=O) groups is 1. The Kier molecular flexibility index (Phi) is 7.89. The Morgan fingerprint density at radius 1 is 1.16 bits per heavy atom. The summed E-state index contributed by atoms with van der Waals surface area (Å²) < 4.78 is 49.9. The van der Waals surface area contributed by atoms with Gasteiger partial charge in [0.05, 0.1) is 35.3 Å². The van der Waals surface area contributed by atoms with Gasteiger partial charge < -0.3 is 26.6 Å². The number of aliphatic hydroxyl groups is 1. The van der Waals surface area contributed by atoms with Crippen LogP contribution in [0.2, 0.25) is 0 Å². The van der Waals surface area contributed by atoms with Crippen LogP contribution in [0, 0.1) is 23.4 Å². The van der Waals surface area contributed by atoms with Crippen molar-refractivity contribution < 1.29 is 27.8 Å². The van der Waals surface area contributed by atoms with Crippen molar-refractivity contribution in [3.8, 4) is 17.0 Å². The van der Waals surface area contributed by atoms with Crippen molar-refractivity contribution in [2.24, 2.45) is 11.7 Å². The standard InChI is InChI=1S/C27H30F3N5O3/c1-12(2)38-15-8-17(28)23(18(29)9-15)24-19(30)10-20(31)25(35-24)27(37)34-22-11-33-5-4-16(22)14-6-13(3)26(36)21(32)7-14/h4-5,8-14,21,26,36H,6-7,31-32H2,1-3H3,(H,34,37)/t13-,14+,21+,26+/m0/s1. The zero-order valence-corrected chi connectivity index (χ0v) is 21.2. The second-order valence-electron chi connectivity index (χ2n) is 9.90. The number of amides is 1. The van der Waals surface area contributed by atoms with Gasteiger partial charge in [-0.25, -0.2) is 18.2 Å². The summed E-state index contributed by atoms with van der Waals surface area (Å²) in [5.41, 5.74) is 10.9. The first-order chi connectivity index (χ1) is 18.0. The fourth-order valence-corrected chi connectivity index (χ4v) is 4.85. The van der Waals surface area contributed by atoms with Crippen molar-refractivity contribution in [3.63, 3.8) is 0 Å². The number of ether oxygens (including phenoxy) is 1. The van der Waals surface area contributed by atoms with Crippen molar-refractivity contribution in [2.75, 3.05) is 11.1 Å². The number of halogens is 3. The molecule has 6 N–H and O–H groups in total. The van der Waals surface area contributed by atoms with Crippen molar-refractivity contribution >= 4 is 17.3 Å². The lowest BCUT2D eigenvalue weighted by atomic mass is 9.74. The smallest absolute Gasteiger partial charge is 0.276 e. The van der Waals surface area contributed by atoms with Gasteiger partial charge in [-0.05, 0) is 50.2 Å². The largest absolute Gasteiger partial charge is 0.491 e. The number of aromatic nitrogens is 2. The number of nitrogens with one attached hydrogen (secondary N) is 1. The molecule has 0 bridgehead atoms. The molecule has 202 valence electrons. The van der Waals surface area contributed by atoms with Gasteiger partial charge in [0.1, 0.15) is 23.1 Å². The van der Waals surface area contributed by atoms with E-state index in [0.29, 0.717) is 18.5 Å². The summed E-state index contributed by atoms with van der Waals surface area (Å²) in [4.78, 5) is 21.2. The van der Waals surface area contributed by atoms with E-state index in [2.05, 4.69) is 15.3 Å². The molecule has 11 heteroatoms. The number of nitrogen functional groups attached to an aromatic ring is 1. The van der Waals surface area contributed by atoms with Gasteiger partial charge in [0.15, 0.2) is 11.5 Å². The number of anilines is 2. The number of aliphatic hydroxyl groups excluding tert-OH is 1. The van der Waals surface area contributed by atoms with Gasteiger partial charge >= 0.3 is 0 Å². The lowest BCUT2D eigenvalue weighted by Crippen LogP contribution is -2.44. The van der Waals surface area contributed by atoms with Crippen LogP contribution in [-0.2, 0) is 0 Å². The lowest BCUT2D eigenvalue weighted by molar-refractivity contribution is 0.0521. The molecule has 1 fully saturated rings. The summed E-state index contributed by atoms with van der Waals surface area (Å²) in [6, 6.07) is 3.95. The SMILES string of the molecule is CC(C)Oc1cc(F)c(-c2nc(C(=O)Nc3cnccc3[C@H]3C[C@@H](N)[C@H](O)[C@@H](C)C3)c(N)cc2F)c(F)c1. The summed E-state index contributed by atoms with van der Waals surface area (Å²) in [6.45, 7) is 5.28. The van der Waals surface area contributed by atoms with Crippen LogP contribution in [0.25, 0.3) is 11.3 Å². The molecule has 1 aromatic carbocycles. The van der Waals surface area contributed by atoms with E-state index in [9.17, 15) is 23.1 Å². The van der Waals surface area contributed by atoms with E-state index in [1.165, 1.54) is 6.20 Å². The van der Waals surface area contributed by atoms with E-state index in [1.807, 2.05) is 6.92 Å². The van der Waals surface area contributed by atoms with Gasteiger partial charge in [-0.1, -0.05) is 6.92 Å². The first-order valence-electron chi connectivity index (χ1n) is 12.3. The fraction of sp³-hybridized carbons (Fsp3) is 0.370. The van der Waals surface area contributed by atoms with Gasteiger partial charge in [0, 0.05) is 30.4 Å². The first-order valence-corrected chi connectivity index (χ1v) is 12.3. The van der Waals surface area contributed by atoms with Crippen molar-refractivity contribution in [1.82, 2.24) is 9.97 Å². The minimum Gasteiger partial charge on any atom is -0.491 e. The topological polar surface area (TPSA) is 136 Å². The number of benzene rings is 1. The molecule has 4 rings (SSSR count). The zero-order valence-electron chi connectivity index (χ0n) is 21.2. The predicted octanol–water partition coefficient (Wildman–Crippen LogP) is 4.38. The molecule has 1 aliphatic carbocycles. The highest BCUT2D eigenvalue weighted by Gasteiger charge is 2.34. The number of rotatable bonds is 6. The summed E-state index contributed by atoms with van der Waals surface area (Å²) in [5.74, 6) is -4.32. The van der Waals surface area contributed by atoms with Crippen LogP contribution in [0.1, 0.15) is 55.6 Å². The molecule has 0 unspecified atom stereocenters. The van der Waals surface area contributed by atoms with Crippen molar-refractivity contribution in [1.29, 1.82) is 0 Å². The molecular weight excluding hydrogens is 499 g/mol. The van der Waals surface area contributed by atoms with Crippen molar-refractivity contribution in [3.05, 3.63) is 65.4 Å². The van der Waals surface area contributed by atoms with E-state index in [4.69, 9.17) is 16.2 Å². The third kappa shape index (κ3) is 5.58. The Balaban J connectivity index is 1.67. The van der Waals surface area contributed by atoms with Crippen LogP contribution in [0.15, 0.2) is 36.7 Å². The first kappa shape index (κ1) is 27.3. The molecule has 2 aromatic heterocycles. The highest BCUT2D eigenvalue weighted by molar-refractivity contribution is 6.07. The van der Waals surface area contributed by atoms with E-state index in [1.54, 1.807) is 26.1 Å².